The Morgan fingerprint density at radius 3 is 0.428 bits per heavy atom. The molecule has 0 aliphatic carbocycles. The topological polar surface area (TPSA) is 308 Å². The molecule has 0 saturated heterocycles. The van der Waals surface area contributed by atoms with Gasteiger partial charge in [-0.3, -0.25) is 28.8 Å². The summed E-state index contributed by atoms with van der Waals surface area (Å²) in [5, 5.41) is -0.421. The Morgan fingerprint density at radius 2 is 0.297 bits per heavy atom. The van der Waals surface area contributed by atoms with Gasteiger partial charge in [0, 0.05) is 36.4 Å². The van der Waals surface area contributed by atoms with E-state index in [2.05, 4.69) is 69.4 Å². The van der Waals surface area contributed by atoms with Crippen LogP contribution < -0.4 is 90.2 Å². The van der Waals surface area contributed by atoms with E-state index in [0.717, 1.165) is 270 Å². The summed E-state index contributed by atoms with van der Waals surface area (Å²) in [5.74, 6) is 1.44. The van der Waals surface area contributed by atoms with Gasteiger partial charge in [-0.25, -0.2) is 0 Å². The Morgan fingerprint density at radius 1 is 0.174 bits per heavy atom. The summed E-state index contributed by atoms with van der Waals surface area (Å²) < 4.78 is 76.3. The summed E-state index contributed by atoms with van der Waals surface area (Å²) in [5.41, 5.74) is -4.06. The Hall–Kier alpha value is -11.8. The van der Waals surface area contributed by atoms with Gasteiger partial charge in [-0.1, -0.05) is 229 Å². The number of ether oxygens (including phenoxy) is 12. The van der Waals surface area contributed by atoms with Crippen LogP contribution in [0.4, 0.5) is 0 Å². The van der Waals surface area contributed by atoms with Gasteiger partial charge in [0.1, 0.15) is 69.0 Å². The van der Waals surface area contributed by atoms with Crippen LogP contribution in [-0.4, -0.2) is 112 Å². The number of methoxy groups -OCH3 is 6. The normalized spacial score (nSPS) is 11.0. The van der Waals surface area contributed by atoms with Crippen molar-refractivity contribution in [2.24, 2.45) is 0 Å². The Kier molecular flexibility index (Phi) is 56.0. The molecular formula is C114H162N6O18. The number of aromatic amines is 6. The Bertz CT molecular complexity index is 4800. The van der Waals surface area contributed by atoms with Gasteiger partial charge in [0.25, 0.3) is 33.4 Å². The lowest BCUT2D eigenvalue weighted by atomic mass is 10.1. The van der Waals surface area contributed by atoms with Crippen LogP contribution in [0.3, 0.4) is 0 Å². The van der Waals surface area contributed by atoms with E-state index in [4.69, 9.17) is 56.8 Å². The van der Waals surface area contributed by atoms with Crippen LogP contribution >= 0.6 is 0 Å². The molecule has 24 heteroatoms. The van der Waals surface area contributed by atoms with Crippen molar-refractivity contribution >= 4 is 65.4 Å². The summed E-state index contributed by atoms with van der Waals surface area (Å²) in [6.45, 7) is 24.5. The predicted octanol–water partition coefficient (Wildman–Crippen LogP) is 28.0. The number of benzene rings is 6. The van der Waals surface area contributed by atoms with Gasteiger partial charge in [0.05, 0.1) is 148 Å². The van der Waals surface area contributed by atoms with Crippen molar-refractivity contribution in [3.8, 4) is 69.0 Å². The van der Waals surface area contributed by atoms with Crippen LogP contribution in [0.25, 0.3) is 65.4 Å². The van der Waals surface area contributed by atoms with Crippen molar-refractivity contribution in [2.75, 3.05) is 82.3 Å². The minimum Gasteiger partial charge on any atom is -0.494 e. The summed E-state index contributed by atoms with van der Waals surface area (Å²) in [6.07, 6.45) is 58.3. The second-order valence-corrected chi connectivity index (χ2v) is 35.4. The number of H-pyrrole nitrogens is 6. The standard InChI is InChI=1S/C114H162N6O18/c1-13-19-25-31-37-43-49-55-61-67-133-97-79-98(134-68-62-56-50-44-38-32-26-20-14-2)86-73-85(97)109(121)115-91-76-92(104(128-8)82-103(91)127-7)117-111(123)87-74-88(100(136-70-64-58-52-46-40-34-28-22-16-4)80-99(87)135-69-63-57-51-45-39-33-27-21-15-3)113(125)119-95-78-96(108(132-12)84-107(95)131-11)120-114(126)90-75-89(112(124)118-94-77-93(116-110(86)122)105(129-9)83-106(94)130-10)101(137-71-65-59-53-47-41-35-29-23-17-5)81-102(90)138-72-66-60-54-48-42-36-30-24-18-6/h13-18,73-84H,1-6,19-72H2,7-12H3,(H,115,121)(H,116,122)(H,117,123)(H,118,124)(H,119,125)(H,120,126). The molecule has 7 aromatic rings. The van der Waals surface area contributed by atoms with Gasteiger partial charge >= 0.3 is 0 Å². The number of aromatic nitrogens is 6. The molecule has 1 aromatic heterocycles. The van der Waals surface area contributed by atoms with E-state index in [0.29, 0.717) is 38.5 Å². The van der Waals surface area contributed by atoms with E-state index in [1.54, 1.807) is 18.2 Å². The molecule has 756 valence electrons. The molecule has 0 fully saturated rings. The highest BCUT2D eigenvalue weighted by molar-refractivity contribution is 5.84. The zero-order valence-electron chi connectivity index (χ0n) is 84.2. The van der Waals surface area contributed by atoms with E-state index >= 15 is 28.8 Å². The molecule has 0 radical (unpaired) electrons. The highest BCUT2D eigenvalue weighted by Gasteiger charge is 2.20. The monoisotopic (exact) mass is 1900 g/mol. The molecule has 12 bridgehead atoms. The molecule has 138 heavy (non-hydrogen) atoms. The Labute approximate surface area is 817 Å². The van der Waals surface area contributed by atoms with Gasteiger partial charge in [0.2, 0.25) is 0 Å². The highest BCUT2D eigenvalue weighted by Crippen LogP contribution is 2.36. The van der Waals surface area contributed by atoms with Gasteiger partial charge in [-0.15, -0.1) is 39.5 Å². The zero-order chi connectivity index (χ0) is 99.0. The smallest absolute Gasteiger partial charge is 0.259 e. The van der Waals surface area contributed by atoms with Crippen LogP contribution in [0.1, 0.15) is 308 Å². The number of unbranched alkanes of at least 4 members (excludes halogenated alkanes) is 42. The van der Waals surface area contributed by atoms with Crippen molar-refractivity contribution in [1.29, 1.82) is 0 Å². The first kappa shape index (κ1) is 113. The molecule has 0 aliphatic heterocycles. The molecule has 7 rings (SSSR count). The molecule has 24 nitrogen and oxygen atoms in total. The third-order valence-electron chi connectivity index (χ3n) is 24.6. The second kappa shape index (κ2) is 68.2. The molecule has 0 amide bonds. The summed E-state index contributed by atoms with van der Waals surface area (Å²) in [4.78, 5) is 113. The summed E-state index contributed by atoms with van der Waals surface area (Å²) in [6, 6.07) is 18.0. The second-order valence-electron chi connectivity index (χ2n) is 35.4. The molecule has 0 unspecified atom stereocenters. The van der Waals surface area contributed by atoms with Gasteiger partial charge in [-0.05, 0) is 152 Å². The molecule has 0 aliphatic rings. The maximum absolute atomic E-state index is 15.8. The number of allylic oxidation sites excluding steroid dienone is 6. The molecule has 0 saturated carbocycles. The van der Waals surface area contributed by atoms with Gasteiger partial charge < -0.3 is 86.7 Å². The average Bonchev–Trinajstić information content (AvgIpc) is 0.787. The zero-order valence-corrected chi connectivity index (χ0v) is 84.2. The van der Waals surface area contributed by atoms with Crippen molar-refractivity contribution in [3.05, 3.63) is 211 Å². The van der Waals surface area contributed by atoms with Crippen LogP contribution in [0.5, 0.6) is 69.0 Å². The fourth-order valence-corrected chi connectivity index (χ4v) is 16.6. The van der Waals surface area contributed by atoms with Crippen molar-refractivity contribution in [3.63, 3.8) is 0 Å². The molecule has 0 spiro atoms. The van der Waals surface area contributed by atoms with E-state index in [1.165, 1.54) is 97.3 Å². The maximum Gasteiger partial charge on any atom is 0.259 e. The first-order valence-electron chi connectivity index (χ1n) is 51.2. The lowest BCUT2D eigenvalue weighted by Gasteiger charge is -2.13. The fraction of sp³-hybridized carbons (Fsp3) is 0.526. The van der Waals surface area contributed by atoms with Crippen LogP contribution in [-0.2, 0) is 0 Å². The van der Waals surface area contributed by atoms with Crippen molar-refractivity contribution in [2.45, 2.75) is 308 Å². The van der Waals surface area contributed by atoms with E-state index in [-0.39, 0.29) is 174 Å². The van der Waals surface area contributed by atoms with E-state index < -0.39 is 33.4 Å². The molecule has 6 N–H and O–H groups in total. The van der Waals surface area contributed by atoms with Crippen LogP contribution in [0.2, 0.25) is 0 Å². The molecule has 6 aromatic carbocycles. The molecule has 1 heterocycles. The quantitative estimate of drug-likeness (QED) is 0.0152. The number of fused-ring (bicyclic) bond motifs is 12. The van der Waals surface area contributed by atoms with Crippen LogP contribution in [0.15, 0.2) is 177 Å². The fourth-order valence-electron chi connectivity index (χ4n) is 16.6. The predicted molar refractivity (Wildman–Crippen MR) is 570 cm³/mol. The SMILES string of the molecule is C=CCCCCCCCCCOc1cc(OCCCCCCCCCC=C)c2cc1c(=O)[nH]c1cc([nH]c(=O)c3cc(c(OCCCCCCCCCC=C)cc3OCCCCCCCCCC=C)c(=O)[nH]c3cc([nH]c(=O)c4cc(c(OCCCCCCCCCC=C)cc4OCCCCCCCCCC=C)c(=O)[nH]c4cc([nH]c2=O)c(OC)cc4OC)c(OC)cc3OC)c(OC)cc1OC. The summed E-state index contributed by atoms with van der Waals surface area (Å²) >= 11 is 0. The molecule has 0 atom stereocenters. The highest BCUT2D eigenvalue weighted by atomic mass is 16.5. The Balaban J connectivity index is 1.68. The largest absolute Gasteiger partial charge is 0.494 e. The van der Waals surface area contributed by atoms with E-state index in [9.17, 15) is 0 Å². The number of nitrogens with one attached hydrogen (secondary N) is 6. The van der Waals surface area contributed by atoms with E-state index in [1.807, 2.05) is 36.5 Å². The van der Waals surface area contributed by atoms with Crippen molar-refractivity contribution in [1.82, 2.24) is 29.9 Å². The summed E-state index contributed by atoms with van der Waals surface area (Å²) in [7, 11) is 8.56. The third-order valence-corrected chi connectivity index (χ3v) is 24.6. The average molecular weight is 1900 g/mol. The lowest BCUT2D eigenvalue weighted by molar-refractivity contribution is 0.293. The first-order chi connectivity index (χ1) is 67.5. The minimum atomic E-state index is -0.745. The number of rotatable bonds is 72. The first-order valence-corrected chi connectivity index (χ1v) is 51.2. The maximum atomic E-state index is 15.8. The van der Waals surface area contributed by atoms with Crippen LogP contribution in [0, 0.1) is 0 Å². The molecular weight excluding hydrogens is 1740 g/mol. The van der Waals surface area contributed by atoms with Crippen molar-refractivity contribution < 1.29 is 56.8 Å². The minimum absolute atomic E-state index is 0.0673. The third kappa shape index (κ3) is 40.3. The lowest BCUT2D eigenvalue weighted by Crippen LogP contribution is -2.12. The number of hydrogen-bond acceptors (Lipinski definition) is 18. The van der Waals surface area contributed by atoms with Gasteiger partial charge in [-0.2, -0.15) is 0 Å². The van der Waals surface area contributed by atoms with Gasteiger partial charge in [0.15, 0.2) is 0 Å². The number of hydrogen-bond donors (Lipinski definition) is 6.